The van der Waals surface area contributed by atoms with Crippen LogP contribution in [0, 0.1) is 5.41 Å². The summed E-state index contributed by atoms with van der Waals surface area (Å²) < 4.78 is 10.4. The van der Waals surface area contributed by atoms with Gasteiger partial charge in [0.15, 0.2) is 6.10 Å². The van der Waals surface area contributed by atoms with Crippen LogP contribution in [-0.2, 0) is 14.3 Å². The summed E-state index contributed by atoms with van der Waals surface area (Å²) in [6.07, 6.45) is 0.929. The van der Waals surface area contributed by atoms with Crippen LogP contribution in [0.1, 0.15) is 27.7 Å². The second kappa shape index (κ2) is 5.59. The Kier molecular flexibility index (Phi) is 5.12. The van der Waals surface area contributed by atoms with Gasteiger partial charge < -0.3 is 9.47 Å². The summed E-state index contributed by atoms with van der Waals surface area (Å²) in [7, 11) is 0. The van der Waals surface area contributed by atoms with Gasteiger partial charge >= 0.3 is 5.97 Å². The molecule has 3 heteroatoms. The van der Waals surface area contributed by atoms with Crippen LogP contribution >= 0.6 is 0 Å². The van der Waals surface area contributed by atoms with Gasteiger partial charge in [-0.1, -0.05) is 13.2 Å². The highest BCUT2D eigenvalue weighted by Crippen LogP contribution is 2.19. The molecule has 15 heavy (non-hydrogen) atoms. The van der Waals surface area contributed by atoms with Crippen LogP contribution in [0.5, 0.6) is 0 Å². The molecule has 1 atom stereocenters. The first-order valence-electron chi connectivity index (χ1n) is 4.98. The summed E-state index contributed by atoms with van der Waals surface area (Å²) >= 11 is 0. The van der Waals surface area contributed by atoms with E-state index >= 15 is 0 Å². The molecule has 0 aliphatic rings. The second-order valence-electron chi connectivity index (χ2n) is 4.21. The monoisotopic (exact) mass is 212 g/mol. The molecule has 0 aromatic rings. The van der Waals surface area contributed by atoms with Crippen molar-refractivity contribution in [2.45, 2.75) is 33.8 Å². The predicted molar refractivity (Wildman–Crippen MR) is 60.3 cm³/mol. The molecule has 0 saturated heterocycles. The van der Waals surface area contributed by atoms with Crippen LogP contribution in [0.15, 0.2) is 25.0 Å². The zero-order valence-corrected chi connectivity index (χ0v) is 10.0. The molecule has 0 heterocycles. The molecule has 0 aromatic heterocycles. The molecule has 0 N–H and O–H groups in total. The number of carbonyl (C=O) groups is 1. The quantitative estimate of drug-likeness (QED) is 0.399. The molecule has 3 nitrogen and oxygen atoms in total. The van der Waals surface area contributed by atoms with E-state index in [0.717, 1.165) is 0 Å². The van der Waals surface area contributed by atoms with Crippen molar-refractivity contribution in [2.24, 2.45) is 5.41 Å². The van der Waals surface area contributed by atoms with Crippen molar-refractivity contribution in [1.82, 2.24) is 0 Å². The van der Waals surface area contributed by atoms with E-state index in [9.17, 15) is 4.79 Å². The van der Waals surface area contributed by atoms with E-state index in [4.69, 9.17) is 9.47 Å². The summed E-state index contributed by atoms with van der Waals surface area (Å²) in [5.41, 5.74) is -0.534. The molecule has 0 rings (SSSR count). The Bertz CT molecular complexity index is 248. The Morgan fingerprint density at radius 1 is 1.47 bits per heavy atom. The van der Waals surface area contributed by atoms with Crippen LogP contribution in [0.2, 0.25) is 0 Å². The van der Waals surface area contributed by atoms with Gasteiger partial charge in [-0.05, 0) is 33.8 Å². The summed E-state index contributed by atoms with van der Waals surface area (Å²) in [4.78, 5) is 11.6. The average molecular weight is 212 g/mol. The number of ether oxygens (including phenoxy) is 2. The van der Waals surface area contributed by atoms with Gasteiger partial charge in [-0.2, -0.15) is 0 Å². The van der Waals surface area contributed by atoms with Crippen LogP contribution in [0.4, 0.5) is 0 Å². The van der Waals surface area contributed by atoms with Gasteiger partial charge in [0.2, 0.25) is 0 Å². The van der Waals surface area contributed by atoms with Crippen molar-refractivity contribution in [3.8, 4) is 0 Å². The van der Waals surface area contributed by atoms with Gasteiger partial charge in [0.1, 0.15) is 5.76 Å². The third-order valence-corrected chi connectivity index (χ3v) is 1.71. The zero-order chi connectivity index (χ0) is 12.1. The molecular weight excluding hydrogens is 192 g/mol. The molecule has 0 amide bonds. The van der Waals surface area contributed by atoms with E-state index < -0.39 is 11.5 Å². The lowest BCUT2D eigenvalue weighted by Gasteiger charge is -2.22. The van der Waals surface area contributed by atoms with E-state index in [2.05, 4.69) is 13.2 Å². The van der Waals surface area contributed by atoms with E-state index in [1.54, 1.807) is 20.8 Å². The van der Waals surface area contributed by atoms with Crippen LogP contribution in [-0.4, -0.2) is 18.7 Å². The van der Waals surface area contributed by atoms with Gasteiger partial charge in [0.05, 0.1) is 12.0 Å². The zero-order valence-electron chi connectivity index (χ0n) is 10.0. The maximum atomic E-state index is 11.6. The van der Waals surface area contributed by atoms with Gasteiger partial charge in [0.25, 0.3) is 0 Å². The van der Waals surface area contributed by atoms with Crippen LogP contribution in [0.25, 0.3) is 0 Å². The molecule has 0 radical (unpaired) electrons. The smallest absolute Gasteiger partial charge is 0.312 e. The molecule has 0 aliphatic heterocycles. The van der Waals surface area contributed by atoms with Gasteiger partial charge in [0, 0.05) is 0 Å². The van der Waals surface area contributed by atoms with E-state index in [1.165, 1.54) is 6.08 Å². The lowest BCUT2D eigenvalue weighted by Crippen LogP contribution is -2.28. The van der Waals surface area contributed by atoms with Gasteiger partial charge in [-0.15, -0.1) is 0 Å². The van der Waals surface area contributed by atoms with Crippen LogP contribution < -0.4 is 0 Å². The Hall–Kier alpha value is -1.25. The van der Waals surface area contributed by atoms with Crippen molar-refractivity contribution in [1.29, 1.82) is 0 Å². The molecule has 1 unspecified atom stereocenters. The van der Waals surface area contributed by atoms with E-state index in [-0.39, 0.29) is 5.97 Å². The van der Waals surface area contributed by atoms with E-state index in [0.29, 0.717) is 12.4 Å². The molecule has 0 saturated carbocycles. The summed E-state index contributed by atoms with van der Waals surface area (Å²) in [5.74, 6) is 0.110. The maximum absolute atomic E-state index is 11.6. The molecular formula is C12H20O3. The number of hydrogen-bond acceptors (Lipinski definition) is 3. The molecule has 0 aromatic carbocycles. The highest BCUT2D eigenvalue weighted by atomic mass is 16.6. The Labute approximate surface area is 91.8 Å². The lowest BCUT2D eigenvalue weighted by molar-refractivity contribution is -0.156. The number of rotatable bonds is 5. The summed E-state index contributed by atoms with van der Waals surface area (Å²) in [6, 6.07) is 0. The number of hydrogen-bond donors (Lipinski definition) is 0. The van der Waals surface area contributed by atoms with Crippen molar-refractivity contribution in [2.75, 3.05) is 6.61 Å². The van der Waals surface area contributed by atoms with E-state index in [1.807, 2.05) is 6.92 Å². The second-order valence-corrected chi connectivity index (χ2v) is 4.21. The van der Waals surface area contributed by atoms with Gasteiger partial charge in [-0.3, -0.25) is 4.79 Å². The maximum Gasteiger partial charge on any atom is 0.312 e. The minimum Gasteiger partial charge on any atom is -0.495 e. The number of esters is 1. The standard InChI is InChI=1S/C12H20O3/c1-7-10(9(3)14-8-2)15-11(13)12(4,5)6/h7,10H,1,3,8H2,2,4-6H3. The number of carbonyl (C=O) groups excluding carboxylic acids is 1. The fourth-order valence-electron chi connectivity index (χ4n) is 0.805. The minimum absolute atomic E-state index is 0.298. The minimum atomic E-state index is -0.573. The predicted octanol–water partition coefficient (Wildman–Crippen LogP) is 2.68. The van der Waals surface area contributed by atoms with Crippen molar-refractivity contribution in [3.05, 3.63) is 25.0 Å². The average Bonchev–Trinajstić information content (AvgIpc) is 2.12. The SMILES string of the molecule is C=CC(OC(=O)C(C)(C)C)C(=C)OCC. The summed E-state index contributed by atoms with van der Waals surface area (Å²) in [5, 5.41) is 0. The Morgan fingerprint density at radius 3 is 2.33 bits per heavy atom. The van der Waals surface area contributed by atoms with Crippen molar-refractivity contribution < 1.29 is 14.3 Å². The fourth-order valence-corrected chi connectivity index (χ4v) is 0.805. The largest absolute Gasteiger partial charge is 0.495 e. The molecule has 0 spiro atoms. The first-order chi connectivity index (χ1) is 6.82. The van der Waals surface area contributed by atoms with Crippen LogP contribution in [0.3, 0.4) is 0 Å². The first-order valence-corrected chi connectivity index (χ1v) is 4.98. The Morgan fingerprint density at radius 2 is 2.00 bits per heavy atom. The third-order valence-electron chi connectivity index (χ3n) is 1.71. The lowest BCUT2D eigenvalue weighted by atomic mass is 9.97. The third kappa shape index (κ3) is 4.68. The Balaban J connectivity index is 4.41. The topological polar surface area (TPSA) is 35.5 Å². The van der Waals surface area contributed by atoms with Gasteiger partial charge in [-0.25, -0.2) is 0 Å². The highest BCUT2D eigenvalue weighted by molar-refractivity contribution is 5.75. The van der Waals surface area contributed by atoms with Crippen molar-refractivity contribution in [3.63, 3.8) is 0 Å². The molecule has 86 valence electrons. The highest BCUT2D eigenvalue weighted by Gasteiger charge is 2.26. The van der Waals surface area contributed by atoms with Crippen molar-refractivity contribution >= 4 is 5.97 Å². The fraction of sp³-hybridized carbons (Fsp3) is 0.583. The summed E-state index contributed by atoms with van der Waals surface area (Å²) in [6.45, 7) is 15.0. The first kappa shape index (κ1) is 13.8. The molecule has 0 fully saturated rings. The molecule has 0 bridgehead atoms. The normalized spacial score (nSPS) is 12.8. The molecule has 0 aliphatic carbocycles.